The molecule has 1 aliphatic heterocycles. The van der Waals surface area contributed by atoms with E-state index in [1.54, 1.807) is 12.1 Å². The van der Waals surface area contributed by atoms with Crippen LogP contribution in [-0.4, -0.2) is 37.0 Å². The molecule has 1 atom stereocenters. The number of nitrogens with one attached hydrogen (secondary N) is 1. The zero-order valence-electron chi connectivity index (χ0n) is 11.4. The third kappa shape index (κ3) is 3.71. The summed E-state index contributed by atoms with van der Waals surface area (Å²) < 4.78 is 0. The number of carbonyl (C=O) groups is 1. The average molecular weight is 281 g/mol. The normalized spacial score (nSPS) is 19.2. The summed E-state index contributed by atoms with van der Waals surface area (Å²) in [6.45, 7) is 5.66. The molecule has 0 aromatic heterocycles. The van der Waals surface area contributed by atoms with Crippen LogP contribution in [0.25, 0.3) is 0 Å². The zero-order valence-corrected chi connectivity index (χ0v) is 12.1. The second-order valence-corrected chi connectivity index (χ2v) is 5.44. The summed E-state index contributed by atoms with van der Waals surface area (Å²) in [7, 11) is 0. The highest BCUT2D eigenvalue weighted by Gasteiger charge is 2.21. The first-order valence-electron chi connectivity index (χ1n) is 6.97. The number of nitrogens with zero attached hydrogens (tertiary/aromatic N) is 1. The number of rotatable bonds is 4. The van der Waals surface area contributed by atoms with E-state index >= 15 is 0 Å². The van der Waals surface area contributed by atoms with Gasteiger partial charge in [-0.25, -0.2) is 0 Å². The van der Waals surface area contributed by atoms with Gasteiger partial charge < -0.3 is 10.2 Å². The summed E-state index contributed by atoms with van der Waals surface area (Å²) >= 11 is 6.10. The van der Waals surface area contributed by atoms with Crippen molar-refractivity contribution >= 4 is 17.5 Å². The molecule has 1 saturated heterocycles. The minimum Gasteiger partial charge on any atom is -0.339 e. The molecule has 1 N–H and O–H groups in total. The predicted octanol–water partition coefficient (Wildman–Crippen LogP) is 2.80. The van der Waals surface area contributed by atoms with Crippen molar-refractivity contribution in [1.29, 1.82) is 0 Å². The van der Waals surface area contributed by atoms with E-state index in [2.05, 4.69) is 5.32 Å². The highest BCUT2D eigenvalue weighted by atomic mass is 35.5. The number of halogens is 1. The Labute approximate surface area is 119 Å². The number of piperidine rings is 1. The Hall–Kier alpha value is -1.06. The van der Waals surface area contributed by atoms with Crippen molar-refractivity contribution in [3.05, 3.63) is 34.9 Å². The summed E-state index contributed by atoms with van der Waals surface area (Å²) in [6, 6.07) is 7.27. The Kier molecular flexibility index (Phi) is 5.23. The van der Waals surface area contributed by atoms with E-state index in [9.17, 15) is 4.79 Å². The summed E-state index contributed by atoms with van der Waals surface area (Å²) in [5.41, 5.74) is 0.606. The van der Waals surface area contributed by atoms with Crippen LogP contribution in [0, 0.1) is 5.92 Å². The molecule has 4 heteroatoms. The molecule has 0 spiro atoms. The standard InChI is InChI=1S/C15H21ClN2O/c1-2-18(11-12-6-5-9-17-10-12)15(19)13-7-3-4-8-14(13)16/h3-4,7-8,12,17H,2,5-6,9-11H2,1H3. The van der Waals surface area contributed by atoms with E-state index in [1.165, 1.54) is 12.8 Å². The first-order chi connectivity index (χ1) is 9.22. The third-order valence-corrected chi connectivity index (χ3v) is 3.98. The molecule has 0 saturated carbocycles. The van der Waals surface area contributed by atoms with Gasteiger partial charge in [0.05, 0.1) is 10.6 Å². The van der Waals surface area contributed by atoms with Crippen LogP contribution in [0.2, 0.25) is 5.02 Å². The number of hydrogen-bond donors (Lipinski definition) is 1. The van der Waals surface area contributed by atoms with Gasteiger partial charge in [0.25, 0.3) is 5.91 Å². The largest absolute Gasteiger partial charge is 0.339 e. The first-order valence-corrected chi connectivity index (χ1v) is 7.34. The van der Waals surface area contributed by atoms with E-state index in [0.29, 0.717) is 16.5 Å². The molecule has 1 aliphatic rings. The number of hydrogen-bond acceptors (Lipinski definition) is 2. The first kappa shape index (κ1) is 14.4. The van der Waals surface area contributed by atoms with Crippen LogP contribution < -0.4 is 5.32 Å². The number of benzene rings is 1. The van der Waals surface area contributed by atoms with Crippen LogP contribution in [0.5, 0.6) is 0 Å². The quantitative estimate of drug-likeness (QED) is 0.920. The van der Waals surface area contributed by atoms with Crippen molar-refractivity contribution in [3.63, 3.8) is 0 Å². The monoisotopic (exact) mass is 280 g/mol. The predicted molar refractivity (Wildman–Crippen MR) is 78.6 cm³/mol. The lowest BCUT2D eigenvalue weighted by molar-refractivity contribution is 0.0729. The molecule has 104 valence electrons. The fourth-order valence-corrected chi connectivity index (χ4v) is 2.77. The maximum absolute atomic E-state index is 12.5. The summed E-state index contributed by atoms with van der Waals surface area (Å²) in [5, 5.41) is 3.93. The van der Waals surface area contributed by atoms with E-state index < -0.39 is 0 Å². The van der Waals surface area contributed by atoms with Crippen molar-refractivity contribution in [1.82, 2.24) is 10.2 Å². The molecule has 2 rings (SSSR count). The minimum absolute atomic E-state index is 0.0404. The zero-order chi connectivity index (χ0) is 13.7. The Morgan fingerprint density at radius 3 is 2.89 bits per heavy atom. The number of amides is 1. The SMILES string of the molecule is CCN(CC1CCCNC1)C(=O)c1ccccc1Cl. The molecule has 0 bridgehead atoms. The fraction of sp³-hybridized carbons (Fsp3) is 0.533. The molecular formula is C15H21ClN2O. The van der Waals surface area contributed by atoms with Gasteiger partial charge in [0, 0.05) is 13.1 Å². The number of carbonyl (C=O) groups excluding carboxylic acids is 1. The van der Waals surface area contributed by atoms with Crippen LogP contribution >= 0.6 is 11.6 Å². The van der Waals surface area contributed by atoms with Crippen molar-refractivity contribution < 1.29 is 4.79 Å². The van der Waals surface area contributed by atoms with Crippen molar-refractivity contribution in [2.45, 2.75) is 19.8 Å². The lowest BCUT2D eigenvalue weighted by Crippen LogP contribution is -2.41. The summed E-state index contributed by atoms with van der Waals surface area (Å²) in [6.07, 6.45) is 2.39. The van der Waals surface area contributed by atoms with Gasteiger partial charge >= 0.3 is 0 Å². The lowest BCUT2D eigenvalue weighted by atomic mass is 9.98. The summed E-state index contributed by atoms with van der Waals surface area (Å²) in [5.74, 6) is 0.596. The smallest absolute Gasteiger partial charge is 0.255 e. The van der Waals surface area contributed by atoms with Crippen LogP contribution in [0.1, 0.15) is 30.1 Å². The van der Waals surface area contributed by atoms with Crippen LogP contribution in [0.3, 0.4) is 0 Å². The molecule has 1 unspecified atom stereocenters. The Morgan fingerprint density at radius 1 is 1.47 bits per heavy atom. The van der Waals surface area contributed by atoms with Gasteiger partial charge in [0.1, 0.15) is 0 Å². The lowest BCUT2D eigenvalue weighted by Gasteiger charge is -2.29. The molecule has 1 amide bonds. The van der Waals surface area contributed by atoms with Crippen molar-refractivity contribution in [2.75, 3.05) is 26.2 Å². The molecule has 1 heterocycles. The second kappa shape index (κ2) is 6.92. The van der Waals surface area contributed by atoms with Gasteiger partial charge in [-0.15, -0.1) is 0 Å². The molecule has 3 nitrogen and oxygen atoms in total. The molecule has 0 aliphatic carbocycles. The van der Waals surface area contributed by atoms with E-state index in [4.69, 9.17) is 11.6 Å². The third-order valence-electron chi connectivity index (χ3n) is 3.65. The minimum atomic E-state index is 0.0404. The van der Waals surface area contributed by atoms with Gasteiger partial charge in [-0.1, -0.05) is 23.7 Å². The van der Waals surface area contributed by atoms with Crippen molar-refractivity contribution in [2.24, 2.45) is 5.92 Å². The topological polar surface area (TPSA) is 32.3 Å². The van der Waals surface area contributed by atoms with Crippen molar-refractivity contribution in [3.8, 4) is 0 Å². The molecule has 0 radical (unpaired) electrons. The van der Waals surface area contributed by atoms with Crippen LogP contribution in [0.15, 0.2) is 24.3 Å². The highest BCUT2D eigenvalue weighted by molar-refractivity contribution is 6.33. The van der Waals surface area contributed by atoms with E-state index in [0.717, 1.165) is 26.2 Å². The van der Waals surface area contributed by atoms with Crippen LogP contribution in [-0.2, 0) is 0 Å². The fourth-order valence-electron chi connectivity index (χ4n) is 2.55. The Morgan fingerprint density at radius 2 is 2.26 bits per heavy atom. The Bertz CT molecular complexity index is 430. The molecule has 19 heavy (non-hydrogen) atoms. The Balaban J connectivity index is 2.04. The van der Waals surface area contributed by atoms with Gasteiger partial charge in [0.15, 0.2) is 0 Å². The average Bonchev–Trinajstić information content (AvgIpc) is 2.46. The van der Waals surface area contributed by atoms with Gasteiger partial charge in [-0.05, 0) is 50.9 Å². The summed E-state index contributed by atoms with van der Waals surface area (Å²) in [4.78, 5) is 14.4. The molecule has 1 aromatic rings. The molecular weight excluding hydrogens is 260 g/mol. The van der Waals surface area contributed by atoms with Gasteiger partial charge in [0.2, 0.25) is 0 Å². The van der Waals surface area contributed by atoms with E-state index in [-0.39, 0.29) is 5.91 Å². The van der Waals surface area contributed by atoms with E-state index in [1.807, 2.05) is 24.0 Å². The van der Waals surface area contributed by atoms with Gasteiger partial charge in [-0.3, -0.25) is 4.79 Å². The highest BCUT2D eigenvalue weighted by Crippen LogP contribution is 2.19. The molecule has 1 aromatic carbocycles. The van der Waals surface area contributed by atoms with Crippen LogP contribution in [0.4, 0.5) is 0 Å². The maximum Gasteiger partial charge on any atom is 0.255 e. The van der Waals surface area contributed by atoms with Gasteiger partial charge in [-0.2, -0.15) is 0 Å². The maximum atomic E-state index is 12.5. The second-order valence-electron chi connectivity index (χ2n) is 5.04. The molecule has 1 fully saturated rings.